The van der Waals surface area contributed by atoms with Crippen LogP contribution in [-0.2, 0) is 9.53 Å². The third kappa shape index (κ3) is 3.21. The van der Waals surface area contributed by atoms with Gasteiger partial charge in [0, 0.05) is 50.2 Å². The second-order valence-electron chi connectivity index (χ2n) is 8.45. The molecule has 5 rings (SSSR count). The highest BCUT2D eigenvalue weighted by Gasteiger charge is 2.46. The number of rotatable bonds is 3. The summed E-state index contributed by atoms with van der Waals surface area (Å²) in [5, 5.41) is 0. The van der Waals surface area contributed by atoms with Crippen molar-refractivity contribution in [1.82, 2.24) is 9.80 Å². The number of hydrogen-bond acceptors (Lipinski definition) is 5. The van der Waals surface area contributed by atoms with Crippen LogP contribution < -0.4 is 9.47 Å². The van der Waals surface area contributed by atoms with Gasteiger partial charge in [0.1, 0.15) is 0 Å². The molecule has 3 saturated heterocycles. The molecule has 2 amide bonds. The van der Waals surface area contributed by atoms with E-state index in [2.05, 4.69) is 0 Å². The van der Waals surface area contributed by atoms with Gasteiger partial charge in [0.15, 0.2) is 11.5 Å². The molecule has 0 saturated carbocycles. The molecule has 1 spiro atoms. The Morgan fingerprint density at radius 3 is 2.79 bits per heavy atom. The van der Waals surface area contributed by atoms with Crippen molar-refractivity contribution < 1.29 is 23.8 Å². The lowest BCUT2D eigenvalue weighted by Gasteiger charge is -2.39. The minimum absolute atomic E-state index is 0.0152. The third-order valence-corrected chi connectivity index (χ3v) is 6.58. The number of piperidine rings is 1. The van der Waals surface area contributed by atoms with Gasteiger partial charge in [-0.25, -0.2) is 0 Å². The lowest BCUT2D eigenvalue weighted by Crippen LogP contribution is -2.44. The number of carbonyl (C=O) groups is 2. The second kappa shape index (κ2) is 6.95. The summed E-state index contributed by atoms with van der Waals surface area (Å²) < 4.78 is 16.4. The van der Waals surface area contributed by atoms with E-state index in [4.69, 9.17) is 14.2 Å². The number of carbonyl (C=O) groups excluding carboxylic acids is 2. The van der Waals surface area contributed by atoms with Crippen molar-refractivity contribution in [3.63, 3.8) is 0 Å². The van der Waals surface area contributed by atoms with Gasteiger partial charge in [0.2, 0.25) is 12.7 Å². The number of fused-ring (bicyclic) bond motifs is 1. The van der Waals surface area contributed by atoms with Crippen LogP contribution in [0.25, 0.3) is 0 Å². The molecule has 4 heterocycles. The molecule has 0 unspecified atom stereocenters. The zero-order chi connectivity index (χ0) is 19.1. The monoisotopic (exact) mass is 386 g/mol. The number of hydrogen-bond donors (Lipinski definition) is 0. The van der Waals surface area contributed by atoms with Crippen LogP contribution in [-0.4, -0.2) is 67.3 Å². The van der Waals surface area contributed by atoms with E-state index in [1.807, 2.05) is 9.80 Å². The molecule has 4 aliphatic rings. The van der Waals surface area contributed by atoms with Gasteiger partial charge in [-0.15, -0.1) is 0 Å². The van der Waals surface area contributed by atoms with Crippen LogP contribution in [0, 0.1) is 5.41 Å². The third-order valence-electron chi connectivity index (χ3n) is 6.58. The van der Waals surface area contributed by atoms with Crippen LogP contribution in [0.2, 0.25) is 0 Å². The number of ether oxygens (including phenoxy) is 3. The zero-order valence-corrected chi connectivity index (χ0v) is 16.0. The molecule has 7 nitrogen and oxygen atoms in total. The zero-order valence-electron chi connectivity index (χ0n) is 16.0. The SMILES string of the molecule is O=C1CC2(CCN(C(=O)c3ccc4c(c3)OCO4)CC2)CN1C[C@@H]1CCCO1. The fourth-order valence-corrected chi connectivity index (χ4v) is 4.91. The first-order valence-electron chi connectivity index (χ1n) is 10.2. The maximum Gasteiger partial charge on any atom is 0.253 e. The van der Waals surface area contributed by atoms with Crippen LogP contribution in [0.4, 0.5) is 0 Å². The Morgan fingerprint density at radius 2 is 2.00 bits per heavy atom. The highest BCUT2D eigenvalue weighted by atomic mass is 16.7. The van der Waals surface area contributed by atoms with Gasteiger partial charge in [-0.2, -0.15) is 0 Å². The Labute approximate surface area is 164 Å². The molecule has 3 fully saturated rings. The molecule has 1 aromatic rings. The summed E-state index contributed by atoms with van der Waals surface area (Å²) in [5.41, 5.74) is 0.643. The molecule has 0 bridgehead atoms. The fraction of sp³-hybridized carbons (Fsp3) is 0.619. The largest absolute Gasteiger partial charge is 0.454 e. The Balaban J connectivity index is 1.20. The average molecular weight is 386 g/mol. The highest BCUT2D eigenvalue weighted by Crippen LogP contribution is 2.42. The molecule has 1 atom stereocenters. The molecule has 150 valence electrons. The number of amides is 2. The van der Waals surface area contributed by atoms with Gasteiger partial charge in [-0.1, -0.05) is 0 Å². The van der Waals surface area contributed by atoms with Crippen molar-refractivity contribution in [2.45, 2.75) is 38.2 Å². The first-order chi connectivity index (χ1) is 13.6. The summed E-state index contributed by atoms with van der Waals surface area (Å²) >= 11 is 0. The summed E-state index contributed by atoms with van der Waals surface area (Å²) in [4.78, 5) is 29.3. The average Bonchev–Trinajstić information content (AvgIpc) is 3.43. The predicted molar refractivity (Wildman–Crippen MR) is 100 cm³/mol. The number of nitrogens with zero attached hydrogens (tertiary/aromatic N) is 2. The van der Waals surface area contributed by atoms with Crippen LogP contribution in [0.5, 0.6) is 11.5 Å². The molecule has 0 aliphatic carbocycles. The van der Waals surface area contributed by atoms with Crippen LogP contribution in [0.1, 0.15) is 42.5 Å². The lowest BCUT2D eigenvalue weighted by molar-refractivity contribution is -0.129. The first-order valence-corrected chi connectivity index (χ1v) is 10.2. The molecular formula is C21H26N2O5. The number of benzene rings is 1. The van der Waals surface area contributed by atoms with E-state index in [0.29, 0.717) is 36.6 Å². The number of likely N-dealkylation sites (tertiary alicyclic amines) is 2. The molecule has 4 aliphatic heterocycles. The minimum atomic E-state index is 0.0152. The maximum absolute atomic E-state index is 12.9. The van der Waals surface area contributed by atoms with E-state index in [1.165, 1.54) is 0 Å². The minimum Gasteiger partial charge on any atom is -0.454 e. The van der Waals surface area contributed by atoms with E-state index >= 15 is 0 Å². The van der Waals surface area contributed by atoms with E-state index in [0.717, 1.165) is 45.4 Å². The van der Waals surface area contributed by atoms with E-state index < -0.39 is 0 Å². The molecule has 1 aromatic carbocycles. The first kappa shape index (κ1) is 17.8. The van der Waals surface area contributed by atoms with Crippen LogP contribution in [0.15, 0.2) is 18.2 Å². The lowest BCUT2D eigenvalue weighted by atomic mass is 9.77. The maximum atomic E-state index is 12.9. The van der Waals surface area contributed by atoms with E-state index in [9.17, 15) is 9.59 Å². The van der Waals surface area contributed by atoms with Gasteiger partial charge in [0.25, 0.3) is 5.91 Å². The van der Waals surface area contributed by atoms with Crippen LogP contribution >= 0.6 is 0 Å². The van der Waals surface area contributed by atoms with E-state index in [1.54, 1.807) is 18.2 Å². The molecule has 28 heavy (non-hydrogen) atoms. The molecule has 0 N–H and O–H groups in total. The fourth-order valence-electron chi connectivity index (χ4n) is 4.91. The highest BCUT2D eigenvalue weighted by molar-refractivity contribution is 5.95. The second-order valence-corrected chi connectivity index (χ2v) is 8.45. The van der Waals surface area contributed by atoms with Crippen molar-refractivity contribution in [1.29, 1.82) is 0 Å². The Hall–Kier alpha value is -2.28. The molecule has 0 aromatic heterocycles. The van der Waals surface area contributed by atoms with Crippen molar-refractivity contribution >= 4 is 11.8 Å². The van der Waals surface area contributed by atoms with Crippen molar-refractivity contribution in [3.8, 4) is 11.5 Å². The Kier molecular flexibility index (Phi) is 4.42. The molecule has 7 heteroatoms. The summed E-state index contributed by atoms with van der Waals surface area (Å²) in [6.07, 6.45) is 4.69. The van der Waals surface area contributed by atoms with Gasteiger partial charge in [-0.3, -0.25) is 9.59 Å². The molecule has 0 radical (unpaired) electrons. The van der Waals surface area contributed by atoms with Crippen LogP contribution in [0.3, 0.4) is 0 Å². The summed E-state index contributed by atoms with van der Waals surface area (Å²) in [7, 11) is 0. The predicted octanol–water partition coefficient (Wildman–Crippen LogP) is 2.05. The van der Waals surface area contributed by atoms with Gasteiger partial charge in [-0.05, 0) is 43.9 Å². The quantitative estimate of drug-likeness (QED) is 0.795. The molecular weight excluding hydrogens is 360 g/mol. The topological polar surface area (TPSA) is 68.3 Å². The van der Waals surface area contributed by atoms with Crippen molar-refractivity contribution in [2.24, 2.45) is 5.41 Å². The standard InChI is InChI=1S/C21H26N2O5/c24-19-11-21(13-23(19)12-16-2-1-9-26-16)5-7-22(8-6-21)20(25)15-3-4-17-18(10-15)28-14-27-17/h3-4,10,16H,1-2,5-9,11-14H2/t16-/m0/s1. The Bertz CT molecular complexity index is 781. The van der Waals surface area contributed by atoms with Gasteiger partial charge >= 0.3 is 0 Å². The summed E-state index contributed by atoms with van der Waals surface area (Å²) in [6, 6.07) is 5.35. The van der Waals surface area contributed by atoms with Gasteiger partial charge < -0.3 is 24.0 Å². The summed E-state index contributed by atoms with van der Waals surface area (Å²) in [6.45, 7) is 3.92. The van der Waals surface area contributed by atoms with Crippen molar-refractivity contribution in [2.75, 3.05) is 39.6 Å². The van der Waals surface area contributed by atoms with E-state index in [-0.39, 0.29) is 30.1 Å². The Morgan fingerprint density at radius 1 is 1.18 bits per heavy atom. The van der Waals surface area contributed by atoms with Gasteiger partial charge in [0.05, 0.1) is 6.10 Å². The smallest absolute Gasteiger partial charge is 0.253 e. The normalized spacial score (nSPS) is 25.7. The summed E-state index contributed by atoms with van der Waals surface area (Å²) in [5.74, 6) is 1.58. The van der Waals surface area contributed by atoms with Crippen molar-refractivity contribution in [3.05, 3.63) is 23.8 Å².